The molecule has 2 heterocycles. The smallest absolute Gasteiger partial charge is 0.0963 e. The molecule has 1 fully saturated rings. The molecule has 1 unspecified atom stereocenters. The van der Waals surface area contributed by atoms with Crippen LogP contribution in [-0.2, 0) is 11.3 Å². The molecular weight excluding hydrogens is 316 g/mol. The van der Waals surface area contributed by atoms with E-state index in [0.717, 1.165) is 30.7 Å². The van der Waals surface area contributed by atoms with Gasteiger partial charge in [0.15, 0.2) is 0 Å². The van der Waals surface area contributed by atoms with Crippen molar-refractivity contribution in [1.82, 2.24) is 9.88 Å². The van der Waals surface area contributed by atoms with Gasteiger partial charge in [-0.05, 0) is 23.3 Å². The average Bonchev–Trinajstić information content (AvgIpc) is 2.49. The first-order valence-corrected chi connectivity index (χ1v) is 7.59. The number of halogens is 1. The van der Waals surface area contributed by atoms with E-state index in [1.54, 1.807) is 0 Å². The molecule has 20 heavy (non-hydrogen) atoms. The predicted octanol–water partition coefficient (Wildman–Crippen LogP) is 3.42. The number of ether oxygens (including phenoxy) is 1. The van der Waals surface area contributed by atoms with E-state index in [9.17, 15) is 0 Å². The van der Waals surface area contributed by atoms with Gasteiger partial charge >= 0.3 is 0 Å². The van der Waals surface area contributed by atoms with Crippen molar-refractivity contribution in [3.8, 4) is 0 Å². The van der Waals surface area contributed by atoms with Gasteiger partial charge in [-0.2, -0.15) is 0 Å². The van der Waals surface area contributed by atoms with Crippen LogP contribution in [0.3, 0.4) is 0 Å². The molecule has 1 aliphatic heterocycles. The van der Waals surface area contributed by atoms with E-state index in [0.29, 0.717) is 0 Å². The van der Waals surface area contributed by atoms with E-state index < -0.39 is 0 Å². The highest BCUT2D eigenvalue weighted by Crippen LogP contribution is 2.28. The average molecular weight is 333 g/mol. The van der Waals surface area contributed by atoms with Gasteiger partial charge in [0.05, 0.1) is 12.7 Å². The molecule has 104 valence electrons. The van der Waals surface area contributed by atoms with Crippen molar-refractivity contribution >= 4 is 15.9 Å². The van der Waals surface area contributed by atoms with Crippen LogP contribution in [0.5, 0.6) is 0 Å². The first-order valence-electron chi connectivity index (χ1n) is 6.80. The summed E-state index contributed by atoms with van der Waals surface area (Å²) in [6, 6.07) is 12.4. The molecule has 3 rings (SSSR count). The molecule has 0 N–H and O–H groups in total. The van der Waals surface area contributed by atoms with Crippen molar-refractivity contribution in [1.29, 1.82) is 0 Å². The van der Waals surface area contributed by atoms with Gasteiger partial charge in [-0.25, -0.2) is 0 Å². The topological polar surface area (TPSA) is 25.4 Å². The highest BCUT2D eigenvalue weighted by molar-refractivity contribution is 9.10. The number of hydrogen-bond acceptors (Lipinski definition) is 3. The first-order chi connectivity index (χ1) is 9.83. The molecule has 0 radical (unpaired) electrons. The van der Waals surface area contributed by atoms with Crippen molar-refractivity contribution in [2.24, 2.45) is 0 Å². The van der Waals surface area contributed by atoms with Crippen LogP contribution in [0, 0.1) is 0 Å². The summed E-state index contributed by atoms with van der Waals surface area (Å²) in [4.78, 5) is 6.60. The second-order valence-corrected chi connectivity index (χ2v) is 5.83. The largest absolute Gasteiger partial charge is 0.371 e. The standard InChI is InChI=1S/C16H17BrN2O/c17-15-6-2-1-5-14(15)16-12-19(8-9-20-16)11-13-4-3-7-18-10-13/h1-7,10,16H,8-9,11-12H2. The fraction of sp³-hybridized carbons (Fsp3) is 0.312. The summed E-state index contributed by atoms with van der Waals surface area (Å²) < 4.78 is 7.04. The summed E-state index contributed by atoms with van der Waals surface area (Å²) in [6.07, 6.45) is 3.88. The van der Waals surface area contributed by atoms with Crippen LogP contribution in [0.15, 0.2) is 53.3 Å². The third kappa shape index (κ3) is 3.26. The molecule has 1 aromatic heterocycles. The minimum atomic E-state index is 0.135. The van der Waals surface area contributed by atoms with Crippen LogP contribution >= 0.6 is 15.9 Å². The summed E-state index contributed by atoms with van der Waals surface area (Å²) in [5.74, 6) is 0. The third-order valence-electron chi connectivity index (χ3n) is 3.53. The lowest BCUT2D eigenvalue weighted by molar-refractivity contribution is -0.0332. The Morgan fingerprint density at radius 2 is 2.15 bits per heavy atom. The number of benzene rings is 1. The van der Waals surface area contributed by atoms with Gasteiger partial charge < -0.3 is 4.74 Å². The number of hydrogen-bond donors (Lipinski definition) is 0. The number of aromatic nitrogens is 1. The maximum absolute atomic E-state index is 5.93. The summed E-state index contributed by atoms with van der Waals surface area (Å²) >= 11 is 3.61. The van der Waals surface area contributed by atoms with Crippen molar-refractivity contribution in [3.63, 3.8) is 0 Å². The lowest BCUT2D eigenvalue weighted by Gasteiger charge is -2.33. The number of nitrogens with zero attached hydrogens (tertiary/aromatic N) is 2. The molecule has 0 bridgehead atoms. The molecular formula is C16H17BrN2O. The van der Waals surface area contributed by atoms with E-state index in [1.807, 2.05) is 24.5 Å². The van der Waals surface area contributed by atoms with E-state index in [4.69, 9.17) is 4.74 Å². The maximum Gasteiger partial charge on any atom is 0.0963 e. The Bertz CT molecular complexity index is 561. The van der Waals surface area contributed by atoms with Crippen LogP contribution in [0.2, 0.25) is 0 Å². The number of rotatable bonds is 3. The number of pyridine rings is 1. The van der Waals surface area contributed by atoms with Gasteiger partial charge in [-0.1, -0.05) is 40.2 Å². The monoisotopic (exact) mass is 332 g/mol. The van der Waals surface area contributed by atoms with Gasteiger partial charge in [0.25, 0.3) is 0 Å². The summed E-state index contributed by atoms with van der Waals surface area (Å²) in [5.41, 5.74) is 2.48. The highest BCUT2D eigenvalue weighted by atomic mass is 79.9. The normalized spacial score (nSPS) is 19.9. The second kappa shape index (κ2) is 6.48. The zero-order chi connectivity index (χ0) is 13.8. The van der Waals surface area contributed by atoms with Crippen LogP contribution in [-0.4, -0.2) is 29.6 Å². The van der Waals surface area contributed by atoms with E-state index in [2.05, 4.69) is 50.1 Å². The fourth-order valence-corrected chi connectivity index (χ4v) is 3.06. The summed E-state index contributed by atoms with van der Waals surface area (Å²) in [5, 5.41) is 0. The second-order valence-electron chi connectivity index (χ2n) is 4.98. The van der Waals surface area contributed by atoms with Gasteiger partial charge in [0, 0.05) is 36.5 Å². The van der Waals surface area contributed by atoms with Gasteiger partial charge in [-0.15, -0.1) is 0 Å². The zero-order valence-corrected chi connectivity index (χ0v) is 12.8. The minimum Gasteiger partial charge on any atom is -0.371 e. The van der Waals surface area contributed by atoms with Crippen molar-refractivity contribution in [2.75, 3.05) is 19.7 Å². The van der Waals surface area contributed by atoms with Crippen LogP contribution < -0.4 is 0 Å². The van der Waals surface area contributed by atoms with Crippen LogP contribution in [0.4, 0.5) is 0 Å². The van der Waals surface area contributed by atoms with E-state index in [1.165, 1.54) is 11.1 Å². The quantitative estimate of drug-likeness (QED) is 0.861. The van der Waals surface area contributed by atoms with E-state index >= 15 is 0 Å². The Labute approximate surface area is 127 Å². The minimum absolute atomic E-state index is 0.135. The molecule has 1 atom stereocenters. The first kappa shape index (κ1) is 13.7. The van der Waals surface area contributed by atoms with Crippen molar-refractivity contribution in [2.45, 2.75) is 12.6 Å². The Hall–Kier alpha value is -1.23. The van der Waals surface area contributed by atoms with Crippen molar-refractivity contribution in [3.05, 3.63) is 64.4 Å². The fourth-order valence-electron chi connectivity index (χ4n) is 2.52. The lowest BCUT2D eigenvalue weighted by Crippen LogP contribution is -2.37. The highest BCUT2D eigenvalue weighted by Gasteiger charge is 2.23. The Morgan fingerprint density at radius 3 is 2.95 bits per heavy atom. The molecule has 4 heteroatoms. The maximum atomic E-state index is 5.93. The van der Waals surface area contributed by atoms with Crippen molar-refractivity contribution < 1.29 is 4.74 Å². The third-order valence-corrected chi connectivity index (χ3v) is 4.25. The molecule has 1 saturated heterocycles. The Morgan fingerprint density at radius 1 is 1.25 bits per heavy atom. The van der Waals surface area contributed by atoms with Gasteiger partial charge in [0.2, 0.25) is 0 Å². The lowest BCUT2D eigenvalue weighted by atomic mass is 10.1. The molecule has 0 aliphatic carbocycles. The number of morpholine rings is 1. The molecule has 1 aromatic carbocycles. The summed E-state index contributed by atoms with van der Waals surface area (Å²) in [7, 11) is 0. The Balaban J connectivity index is 1.69. The zero-order valence-electron chi connectivity index (χ0n) is 11.2. The van der Waals surface area contributed by atoms with E-state index in [-0.39, 0.29) is 6.10 Å². The predicted molar refractivity (Wildman–Crippen MR) is 82.3 cm³/mol. The van der Waals surface area contributed by atoms with Gasteiger partial charge in [0.1, 0.15) is 0 Å². The van der Waals surface area contributed by atoms with Crippen LogP contribution in [0.1, 0.15) is 17.2 Å². The Kier molecular flexibility index (Phi) is 4.45. The molecule has 3 nitrogen and oxygen atoms in total. The summed E-state index contributed by atoms with van der Waals surface area (Å²) in [6.45, 7) is 3.58. The van der Waals surface area contributed by atoms with Gasteiger partial charge in [-0.3, -0.25) is 9.88 Å². The molecule has 1 aliphatic rings. The SMILES string of the molecule is Brc1ccccc1C1CN(Cc2cccnc2)CCO1. The molecule has 2 aromatic rings. The molecule has 0 spiro atoms. The molecule has 0 saturated carbocycles. The molecule has 0 amide bonds. The van der Waals surface area contributed by atoms with Crippen LogP contribution in [0.25, 0.3) is 0 Å².